The molecule has 0 unspecified atom stereocenters. The number of esters is 1. The van der Waals surface area contributed by atoms with E-state index in [0.717, 1.165) is 11.7 Å². The molecule has 29 heavy (non-hydrogen) atoms. The summed E-state index contributed by atoms with van der Waals surface area (Å²) in [7, 11) is 1.61. The number of unbranched alkanes of at least 4 members (excludes halogenated alkanes) is 3. The van der Waals surface area contributed by atoms with Gasteiger partial charge in [-0.25, -0.2) is 4.79 Å². The van der Waals surface area contributed by atoms with Gasteiger partial charge in [-0.2, -0.15) is 0 Å². The molecule has 0 radical (unpaired) electrons. The van der Waals surface area contributed by atoms with E-state index in [-0.39, 0.29) is 5.97 Å². The number of carbonyl (C=O) groups excluding carboxylic acids is 1. The summed E-state index contributed by atoms with van der Waals surface area (Å²) in [5.74, 6) is 2.50. The molecule has 1 aliphatic rings. The maximum absolute atomic E-state index is 12.4. The van der Waals surface area contributed by atoms with Crippen LogP contribution in [-0.2, 0) is 0 Å². The SMILES string of the molecule is CCCCCCC1CCC(c2ccc(C(=O)Oc3ccc(OC)cc3)cc2)CC1. The van der Waals surface area contributed by atoms with Crippen molar-refractivity contribution in [1.82, 2.24) is 0 Å². The van der Waals surface area contributed by atoms with Crippen LogP contribution in [-0.4, -0.2) is 13.1 Å². The fourth-order valence-electron chi connectivity index (χ4n) is 4.35. The van der Waals surface area contributed by atoms with Crippen LogP contribution in [0.4, 0.5) is 0 Å². The quantitative estimate of drug-likeness (QED) is 0.257. The molecule has 1 aliphatic carbocycles. The Balaban J connectivity index is 1.48. The van der Waals surface area contributed by atoms with E-state index in [9.17, 15) is 4.79 Å². The Morgan fingerprint density at radius 1 is 0.862 bits per heavy atom. The summed E-state index contributed by atoms with van der Waals surface area (Å²) < 4.78 is 10.6. The second-order valence-corrected chi connectivity index (χ2v) is 8.25. The van der Waals surface area contributed by atoms with Crippen molar-refractivity contribution < 1.29 is 14.3 Å². The van der Waals surface area contributed by atoms with Crippen LogP contribution in [0, 0.1) is 5.92 Å². The maximum Gasteiger partial charge on any atom is 0.343 e. The second kappa shape index (κ2) is 11.0. The Labute approximate surface area is 175 Å². The van der Waals surface area contributed by atoms with Crippen molar-refractivity contribution >= 4 is 5.97 Å². The predicted octanol–water partition coefficient (Wildman–Crippen LogP) is 7.16. The van der Waals surface area contributed by atoms with Crippen molar-refractivity contribution in [3.63, 3.8) is 0 Å². The number of ether oxygens (including phenoxy) is 2. The largest absolute Gasteiger partial charge is 0.497 e. The molecule has 0 amide bonds. The third kappa shape index (κ3) is 6.35. The van der Waals surface area contributed by atoms with Gasteiger partial charge < -0.3 is 9.47 Å². The summed E-state index contributed by atoms with van der Waals surface area (Å²) in [6.45, 7) is 2.27. The van der Waals surface area contributed by atoms with Crippen LogP contribution >= 0.6 is 0 Å². The average Bonchev–Trinajstić information content (AvgIpc) is 2.78. The molecule has 3 nitrogen and oxygen atoms in total. The van der Waals surface area contributed by atoms with Crippen molar-refractivity contribution in [2.75, 3.05) is 7.11 Å². The van der Waals surface area contributed by atoms with Crippen molar-refractivity contribution in [2.45, 2.75) is 70.6 Å². The molecule has 0 spiro atoms. The molecule has 0 saturated heterocycles. The molecule has 2 aromatic rings. The molecule has 1 fully saturated rings. The Bertz CT molecular complexity index is 741. The molecule has 0 aliphatic heterocycles. The Morgan fingerprint density at radius 3 is 2.14 bits per heavy atom. The van der Waals surface area contributed by atoms with Gasteiger partial charge in [-0.3, -0.25) is 0 Å². The van der Waals surface area contributed by atoms with E-state index < -0.39 is 0 Å². The lowest BCUT2D eigenvalue weighted by Gasteiger charge is -2.29. The number of methoxy groups -OCH3 is 1. The van der Waals surface area contributed by atoms with Crippen LogP contribution in [0.3, 0.4) is 0 Å². The van der Waals surface area contributed by atoms with Crippen LogP contribution in [0.1, 0.15) is 86.6 Å². The van der Waals surface area contributed by atoms with Gasteiger partial charge in [0.15, 0.2) is 0 Å². The van der Waals surface area contributed by atoms with Gasteiger partial charge in [0.05, 0.1) is 12.7 Å². The van der Waals surface area contributed by atoms with Crippen LogP contribution in [0.2, 0.25) is 0 Å². The third-order valence-corrected chi connectivity index (χ3v) is 6.20. The number of hydrogen-bond acceptors (Lipinski definition) is 3. The lowest BCUT2D eigenvalue weighted by atomic mass is 9.77. The smallest absolute Gasteiger partial charge is 0.343 e. The molecule has 1 saturated carbocycles. The molecule has 0 heterocycles. The first-order valence-corrected chi connectivity index (χ1v) is 11.2. The summed E-state index contributed by atoms with van der Waals surface area (Å²) >= 11 is 0. The molecule has 3 heteroatoms. The van der Waals surface area contributed by atoms with Gasteiger partial charge >= 0.3 is 5.97 Å². The molecule has 0 bridgehead atoms. The zero-order valence-electron chi connectivity index (χ0n) is 17.9. The molecule has 2 aromatic carbocycles. The summed E-state index contributed by atoms with van der Waals surface area (Å²) in [5.41, 5.74) is 1.95. The van der Waals surface area contributed by atoms with Gasteiger partial charge in [-0.15, -0.1) is 0 Å². The van der Waals surface area contributed by atoms with E-state index in [1.165, 1.54) is 63.4 Å². The lowest BCUT2D eigenvalue weighted by Crippen LogP contribution is -2.14. The van der Waals surface area contributed by atoms with E-state index in [2.05, 4.69) is 19.1 Å². The minimum Gasteiger partial charge on any atom is -0.497 e. The highest BCUT2D eigenvalue weighted by Gasteiger charge is 2.22. The van der Waals surface area contributed by atoms with Gasteiger partial charge in [0.1, 0.15) is 11.5 Å². The number of rotatable bonds is 9. The first-order valence-electron chi connectivity index (χ1n) is 11.2. The molecular weight excluding hydrogens is 360 g/mol. The number of hydrogen-bond donors (Lipinski definition) is 0. The van der Waals surface area contributed by atoms with Crippen LogP contribution in [0.15, 0.2) is 48.5 Å². The van der Waals surface area contributed by atoms with Crippen molar-refractivity contribution in [3.8, 4) is 11.5 Å². The first-order chi connectivity index (χ1) is 14.2. The summed E-state index contributed by atoms with van der Waals surface area (Å²) in [5, 5.41) is 0. The van der Waals surface area contributed by atoms with Gasteiger partial charge in [0.25, 0.3) is 0 Å². The van der Waals surface area contributed by atoms with E-state index in [0.29, 0.717) is 17.2 Å². The van der Waals surface area contributed by atoms with Gasteiger partial charge in [-0.05, 0) is 79.5 Å². The Kier molecular flexibility index (Phi) is 8.15. The third-order valence-electron chi connectivity index (χ3n) is 6.20. The van der Waals surface area contributed by atoms with E-state index >= 15 is 0 Å². The predicted molar refractivity (Wildman–Crippen MR) is 118 cm³/mol. The highest BCUT2D eigenvalue weighted by Crippen LogP contribution is 2.37. The topological polar surface area (TPSA) is 35.5 Å². The maximum atomic E-state index is 12.4. The van der Waals surface area contributed by atoms with Crippen LogP contribution in [0.25, 0.3) is 0 Å². The minimum absolute atomic E-state index is 0.322. The highest BCUT2D eigenvalue weighted by atomic mass is 16.5. The standard InChI is InChI=1S/C26H34O3/c1-3-4-5-6-7-20-8-10-21(11-9-20)22-12-14-23(15-13-22)26(27)29-25-18-16-24(28-2)17-19-25/h12-21H,3-11H2,1-2H3. The van der Waals surface area contributed by atoms with E-state index in [4.69, 9.17) is 9.47 Å². The zero-order valence-corrected chi connectivity index (χ0v) is 17.9. The van der Waals surface area contributed by atoms with Crippen molar-refractivity contribution in [1.29, 1.82) is 0 Å². The normalized spacial score (nSPS) is 19.0. The molecule has 0 atom stereocenters. The first kappa shape index (κ1) is 21.4. The van der Waals surface area contributed by atoms with Crippen molar-refractivity contribution in [2.24, 2.45) is 5.92 Å². The number of benzene rings is 2. The monoisotopic (exact) mass is 394 g/mol. The Hall–Kier alpha value is -2.29. The second-order valence-electron chi connectivity index (χ2n) is 8.25. The average molecular weight is 395 g/mol. The summed E-state index contributed by atoms with van der Waals surface area (Å²) in [6.07, 6.45) is 12.1. The van der Waals surface area contributed by atoms with Gasteiger partial charge in [0.2, 0.25) is 0 Å². The van der Waals surface area contributed by atoms with Gasteiger partial charge in [0, 0.05) is 0 Å². The highest BCUT2D eigenvalue weighted by molar-refractivity contribution is 5.91. The van der Waals surface area contributed by atoms with Gasteiger partial charge in [-0.1, -0.05) is 51.2 Å². The zero-order chi connectivity index (χ0) is 20.5. The van der Waals surface area contributed by atoms with Crippen LogP contribution < -0.4 is 9.47 Å². The summed E-state index contributed by atoms with van der Waals surface area (Å²) in [4.78, 5) is 12.4. The molecule has 156 valence electrons. The van der Waals surface area contributed by atoms with Crippen LogP contribution in [0.5, 0.6) is 11.5 Å². The minimum atomic E-state index is -0.322. The van der Waals surface area contributed by atoms with Crippen molar-refractivity contribution in [3.05, 3.63) is 59.7 Å². The molecule has 0 N–H and O–H groups in total. The molecule has 3 rings (SSSR count). The Morgan fingerprint density at radius 2 is 1.52 bits per heavy atom. The molecular formula is C26H34O3. The molecule has 0 aromatic heterocycles. The fourth-order valence-corrected chi connectivity index (χ4v) is 4.35. The summed E-state index contributed by atoms with van der Waals surface area (Å²) in [6, 6.07) is 15.1. The van der Waals surface area contributed by atoms with E-state index in [1.54, 1.807) is 31.4 Å². The van der Waals surface area contributed by atoms with E-state index in [1.807, 2.05) is 12.1 Å². The number of carbonyl (C=O) groups is 1. The lowest BCUT2D eigenvalue weighted by molar-refractivity contribution is 0.0734. The fraction of sp³-hybridized carbons (Fsp3) is 0.500.